The molecule has 0 aliphatic heterocycles. The summed E-state index contributed by atoms with van der Waals surface area (Å²) in [5.74, 6) is 0. The molecule has 0 N–H and O–H groups in total. The molecule has 108 valence electrons. The molecule has 0 saturated heterocycles. The van der Waals surface area contributed by atoms with Crippen LogP contribution in [0.3, 0.4) is 0 Å². The monoisotopic (exact) mass is 295 g/mol. The molecule has 1 aromatic heterocycles. The van der Waals surface area contributed by atoms with Crippen molar-refractivity contribution in [1.82, 2.24) is 4.98 Å². The number of allylic oxidation sites excluding steroid dienone is 3. The lowest BCUT2D eigenvalue weighted by atomic mass is 10.1. The minimum atomic E-state index is 0.927. The van der Waals surface area contributed by atoms with E-state index in [1.165, 1.54) is 16.0 Å². The molecule has 2 heteroatoms. The Morgan fingerprint density at radius 1 is 1.14 bits per heavy atom. The van der Waals surface area contributed by atoms with E-state index in [-0.39, 0.29) is 0 Å². The summed E-state index contributed by atoms with van der Waals surface area (Å²) in [6.07, 6.45) is 7.21. The number of rotatable bonds is 7. The van der Waals surface area contributed by atoms with Crippen LogP contribution in [0, 0.1) is 0 Å². The van der Waals surface area contributed by atoms with Crippen LogP contribution < -0.4 is 0 Å². The summed E-state index contributed by atoms with van der Waals surface area (Å²) in [5, 5.41) is 1.05. The second-order valence-electron chi connectivity index (χ2n) is 5.10. The maximum atomic E-state index is 4.38. The van der Waals surface area contributed by atoms with Crippen molar-refractivity contribution in [3.63, 3.8) is 0 Å². The summed E-state index contributed by atoms with van der Waals surface area (Å²) in [6, 6.07) is 16.6. The van der Waals surface area contributed by atoms with Gasteiger partial charge in [0, 0.05) is 6.20 Å². The lowest BCUT2D eigenvalue weighted by Gasteiger charge is -2.07. The average Bonchev–Trinajstić information content (AvgIpc) is 2.49. The van der Waals surface area contributed by atoms with Crippen molar-refractivity contribution in [3.8, 4) is 0 Å². The van der Waals surface area contributed by atoms with Crippen molar-refractivity contribution < 1.29 is 0 Å². The quantitative estimate of drug-likeness (QED) is 0.483. The highest BCUT2D eigenvalue weighted by atomic mass is 32.2. The molecule has 1 aromatic carbocycles. The molecule has 0 bridgehead atoms. The molecule has 0 amide bonds. The Morgan fingerprint density at radius 3 is 2.57 bits per heavy atom. The van der Waals surface area contributed by atoms with Gasteiger partial charge in [0.15, 0.2) is 0 Å². The van der Waals surface area contributed by atoms with Crippen LogP contribution in [-0.4, -0.2) is 4.98 Å². The first-order chi connectivity index (χ1) is 10.2. The largest absolute Gasteiger partial charge is 0.250 e. The third-order valence-electron chi connectivity index (χ3n) is 3.00. The van der Waals surface area contributed by atoms with Crippen LogP contribution in [0.25, 0.3) is 0 Å². The van der Waals surface area contributed by atoms with Crippen molar-refractivity contribution in [2.45, 2.75) is 31.2 Å². The maximum absolute atomic E-state index is 4.38. The van der Waals surface area contributed by atoms with E-state index in [0.717, 1.165) is 24.3 Å². The molecular weight excluding hydrogens is 274 g/mol. The zero-order valence-corrected chi connectivity index (χ0v) is 13.3. The molecule has 0 fully saturated rings. The number of hydrogen-bond acceptors (Lipinski definition) is 2. The van der Waals surface area contributed by atoms with E-state index >= 15 is 0 Å². The molecule has 21 heavy (non-hydrogen) atoms. The van der Waals surface area contributed by atoms with Crippen molar-refractivity contribution in [2.24, 2.45) is 0 Å². The van der Waals surface area contributed by atoms with Crippen molar-refractivity contribution in [2.75, 3.05) is 0 Å². The Bertz CT molecular complexity index is 587. The van der Waals surface area contributed by atoms with Crippen LogP contribution in [0.15, 0.2) is 82.9 Å². The van der Waals surface area contributed by atoms with Gasteiger partial charge in [0.05, 0.1) is 0 Å². The van der Waals surface area contributed by atoms with Crippen LogP contribution in [-0.2, 0) is 6.42 Å². The number of benzene rings is 1. The Kier molecular flexibility index (Phi) is 6.29. The zero-order valence-electron chi connectivity index (χ0n) is 12.5. The van der Waals surface area contributed by atoms with E-state index in [9.17, 15) is 0 Å². The summed E-state index contributed by atoms with van der Waals surface area (Å²) in [5.41, 5.74) is 2.57. The van der Waals surface area contributed by atoms with Crippen LogP contribution in [0.2, 0.25) is 0 Å². The van der Waals surface area contributed by atoms with Crippen LogP contribution in [0.1, 0.15) is 25.3 Å². The van der Waals surface area contributed by atoms with Crippen molar-refractivity contribution in [1.29, 1.82) is 0 Å². The maximum Gasteiger partial charge on any atom is 0.100 e. The molecule has 0 spiro atoms. The fourth-order valence-corrected chi connectivity index (χ4v) is 3.08. The highest BCUT2D eigenvalue weighted by Crippen LogP contribution is 2.29. The van der Waals surface area contributed by atoms with Crippen LogP contribution >= 0.6 is 11.8 Å². The van der Waals surface area contributed by atoms with Gasteiger partial charge in [-0.3, -0.25) is 0 Å². The third-order valence-corrected chi connectivity index (χ3v) is 4.02. The zero-order chi connectivity index (χ0) is 14.9. The first kappa shape index (κ1) is 15.6. The van der Waals surface area contributed by atoms with Gasteiger partial charge in [-0.05, 0) is 48.8 Å². The third kappa shape index (κ3) is 6.01. The number of thioether (sulfide) groups is 1. The Hall–Kier alpha value is -1.80. The molecule has 1 heterocycles. The van der Waals surface area contributed by atoms with Gasteiger partial charge in [-0.15, -0.1) is 0 Å². The number of hydrogen-bond donors (Lipinski definition) is 0. The van der Waals surface area contributed by atoms with Gasteiger partial charge in [0.2, 0.25) is 0 Å². The summed E-state index contributed by atoms with van der Waals surface area (Å²) in [4.78, 5) is 5.72. The van der Waals surface area contributed by atoms with E-state index in [0.29, 0.717) is 0 Å². The van der Waals surface area contributed by atoms with E-state index in [1.54, 1.807) is 11.8 Å². The lowest BCUT2D eigenvalue weighted by molar-refractivity contribution is 0.989. The SMILES string of the molecule is C=C(C)C/C(=C/CCc1ccccc1)Sc1ccccn1. The average molecular weight is 295 g/mol. The minimum Gasteiger partial charge on any atom is -0.250 e. The van der Waals surface area contributed by atoms with Gasteiger partial charge in [-0.2, -0.15) is 0 Å². The second-order valence-corrected chi connectivity index (χ2v) is 6.25. The first-order valence-corrected chi connectivity index (χ1v) is 8.02. The summed E-state index contributed by atoms with van der Waals surface area (Å²) in [7, 11) is 0. The Morgan fingerprint density at radius 2 is 1.90 bits per heavy atom. The van der Waals surface area contributed by atoms with Gasteiger partial charge < -0.3 is 0 Å². The van der Waals surface area contributed by atoms with E-state index in [1.807, 2.05) is 24.4 Å². The minimum absolute atomic E-state index is 0.927. The van der Waals surface area contributed by atoms with Gasteiger partial charge in [-0.1, -0.05) is 66.4 Å². The standard InChI is InChI=1S/C19H21NS/c1-16(2)15-18(21-19-13-6-7-14-20-19)12-8-11-17-9-4-3-5-10-17/h3-7,9-10,12-14H,1,8,11,15H2,2H3/b18-12-. The lowest BCUT2D eigenvalue weighted by Crippen LogP contribution is -1.86. The normalized spacial score (nSPS) is 11.4. The molecule has 2 rings (SSSR count). The Labute approximate surface area is 131 Å². The summed E-state index contributed by atoms with van der Waals surface area (Å²) < 4.78 is 0. The van der Waals surface area contributed by atoms with Gasteiger partial charge in [-0.25, -0.2) is 4.98 Å². The van der Waals surface area contributed by atoms with Crippen molar-refractivity contribution in [3.05, 3.63) is 83.4 Å². The number of aromatic nitrogens is 1. The fraction of sp³-hybridized carbons (Fsp3) is 0.211. The van der Waals surface area contributed by atoms with E-state index in [4.69, 9.17) is 0 Å². The molecule has 1 nitrogen and oxygen atoms in total. The molecule has 0 unspecified atom stereocenters. The first-order valence-electron chi connectivity index (χ1n) is 7.20. The highest BCUT2D eigenvalue weighted by Gasteiger charge is 2.02. The van der Waals surface area contributed by atoms with Gasteiger partial charge >= 0.3 is 0 Å². The summed E-state index contributed by atoms with van der Waals surface area (Å²) in [6.45, 7) is 6.10. The molecule has 2 aromatic rings. The van der Waals surface area contributed by atoms with Crippen molar-refractivity contribution >= 4 is 11.8 Å². The van der Waals surface area contributed by atoms with Crippen LogP contribution in [0.4, 0.5) is 0 Å². The molecular formula is C19H21NS. The predicted molar refractivity (Wildman–Crippen MR) is 92.4 cm³/mol. The number of aryl methyl sites for hydroxylation is 1. The number of nitrogens with zero attached hydrogens (tertiary/aromatic N) is 1. The molecule has 0 aliphatic carbocycles. The molecule has 0 aliphatic rings. The summed E-state index contributed by atoms with van der Waals surface area (Å²) >= 11 is 1.74. The molecule has 0 radical (unpaired) electrons. The topological polar surface area (TPSA) is 12.9 Å². The molecule has 0 saturated carbocycles. The Balaban J connectivity index is 1.98. The smallest absolute Gasteiger partial charge is 0.100 e. The van der Waals surface area contributed by atoms with Gasteiger partial charge in [0.1, 0.15) is 5.03 Å². The van der Waals surface area contributed by atoms with Crippen LogP contribution in [0.5, 0.6) is 0 Å². The van der Waals surface area contributed by atoms with Gasteiger partial charge in [0.25, 0.3) is 0 Å². The second kappa shape index (κ2) is 8.48. The number of pyridine rings is 1. The molecule has 0 atom stereocenters. The fourth-order valence-electron chi connectivity index (χ4n) is 2.03. The predicted octanol–water partition coefficient (Wildman–Crippen LogP) is 5.66. The van der Waals surface area contributed by atoms with E-state index < -0.39 is 0 Å². The van der Waals surface area contributed by atoms with E-state index in [2.05, 4.69) is 54.9 Å². The highest BCUT2D eigenvalue weighted by molar-refractivity contribution is 8.03.